The van der Waals surface area contributed by atoms with Gasteiger partial charge >= 0.3 is 0 Å². The molecule has 0 spiro atoms. The highest BCUT2D eigenvalue weighted by molar-refractivity contribution is 9.10. The number of rotatable bonds is 0. The predicted molar refractivity (Wildman–Crippen MR) is 41.1 cm³/mol. The molecule has 0 unspecified atom stereocenters. The van der Waals surface area contributed by atoms with E-state index in [1.165, 1.54) is 0 Å². The second kappa shape index (κ2) is 1.95. The molecule has 0 amide bonds. The Balaban J connectivity index is 2.65. The van der Waals surface area contributed by atoms with Crippen molar-refractivity contribution in [3.8, 4) is 0 Å². The smallest absolute Gasteiger partial charge is 0.232 e. The summed E-state index contributed by atoms with van der Waals surface area (Å²) in [4.78, 5) is 11.1. The van der Waals surface area contributed by atoms with Crippen LogP contribution in [0.1, 0.15) is 16.9 Å². The van der Waals surface area contributed by atoms with Crippen molar-refractivity contribution in [3.05, 3.63) is 22.4 Å². The molecule has 1 aromatic heterocycles. The zero-order chi connectivity index (χ0) is 7.14. The summed E-state index contributed by atoms with van der Waals surface area (Å²) in [5, 5.41) is 0. The molecule has 0 aliphatic carbocycles. The van der Waals surface area contributed by atoms with E-state index in [1.54, 1.807) is 4.57 Å². The lowest BCUT2D eigenvalue weighted by Gasteiger charge is -1.94. The van der Waals surface area contributed by atoms with E-state index in [1.807, 2.05) is 12.1 Å². The minimum Gasteiger partial charge on any atom is -0.278 e. The van der Waals surface area contributed by atoms with E-state index in [-0.39, 0.29) is 5.91 Å². The van der Waals surface area contributed by atoms with Crippen molar-refractivity contribution in [2.24, 2.45) is 0 Å². The van der Waals surface area contributed by atoms with E-state index in [9.17, 15) is 4.79 Å². The van der Waals surface area contributed by atoms with Gasteiger partial charge in [0, 0.05) is 12.1 Å². The molecule has 2 nitrogen and oxygen atoms in total. The Hall–Kier alpha value is -0.570. The molecule has 10 heavy (non-hydrogen) atoms. The Morgan fingerprint density at radius 1 is 1.40 bits per heavy atom. The molecule has 2 rings (SSSR count). The molecule has 1 aliphatic heterocycles. The molecular formula is C7H6BrNO. The van der Waals surface area contributed by atoms with E-state index >= 15 is 0 Å². The summed E-state index contributed by atoms with van der Waals surface area (Å²) in [5.41, 5.74) is 1.12. The lowest BCUT2D eigenvalue weighted by molar-refractivity contribution is 0.0922. The number of hydrogen-bond donors (Lipinski definition) is 0. The van der Waals surface area contributed by atoms with Gasteiger partial charge in [0.15, 0.2) is 0 Å². The van der Waals surface area contributed by atoms with E-state index in [0.717, 1.165) is 16.7 Å². The Kier molecular flexibility index (Phi) is 1.20. The summed E-state index contributed by atoms with van der Waals surface area (Å²) in [6.45, 7) is 0. The third kappa shape index (κ3) is 0.669. The first-order chi connectivity index (χ1) is 4.79. The Labute approximate surface area is 67.0 Å². The molecule has 0 bridgehead atoms. The van der Waals surface area contributed by atoms with Gasteiger partial charge in [-0.1, -0.05) is 0 Å². The van der Waals surface area contributed by atoms with Gasteiger partial charge in [-0.15, -0.1) is 0 Å². The second-order valence-electron chi connectivity index (χ2n) is 2.38. The summed E-state index contributed by atoms with van der Waals surface area (Å²) >= 11 is 3.30. The van der Waals surface area contributed by atoms with Crippen LogP contribution in [0.4, 0.5) is 0 Å². The second-order valence-corrected chi connectivity index (χ2v) is 3.19. The molecule has 52 valence electrons. The molecule has 0 saturated heterocycles. The van der Waals surface area contributed by atoms with Gasteiger partial charge in [0.2, 0.25) is 5.91 Å². The van der Waals surface area contributed by atoms with Crippen molar-refractivity contribution in [1.29, 1.82) is 0 Å². The number of hydrogen-bond acceptors (Lipinski definition) is 1. The first-order valence-corrected chi connectivity index (χ1v) is 3.97. The maximum absolute atomic E-state index is 11.1. The van der Waals surface area contributed by atoms with E-state index in [0.29, 0.717) is 6.42 Å². The molecule has 0 atom stereocenters. The summed E-state index contributed by atoms with van der Waals surface area (Å²) in [7, 11) is 0. The van der Waals surface area contributed by atoms with Crippen molar-refractivity contribution in [1.82, 2.24) is 4.57 Å². The molecule has 3 heteroatoms. The zero-order valence-corrected chi connectivity index (χ0v) is 6.89. The number of halogens is 1. The third-order valence-electron chi connectivity index (χ3n) is 1.76. The molecule has 1 aromatic rings. The number of fused-ring (bicyclic) bond motifs is 1. The number of aryl methyl sites for hydroxylation is 1. The first-order valence-electron chi connectivity index (χ1n) is 3.18. The van der Waals surface area contributed by atoms with Gasteiger partial charge in [-0.05, 0) is 34.5 Å². The van der Waals surface area contributed by atoms with Gasteiger partial charge in [0.1, 0.15) is 0 Å². The molecule has 0 aromatic carbocycles. The fourth-order valence-corrected chi connectivity index (χ4v) is 1.83. The highest BCUT2D eigenvalue weighted by atomic mass is 79.9. The molecule has 0 saturated carbocycles. The minimum absolute atomic E-state index is 0.201. The number of aromatic nitrogens is 1. The van der Waals surface area contributed by atoms with Crippen LogP contribution < -0.4 is 0 Å². The van der Waals surface area contributed by atoms with Crippen molar-refractivity contribution < 1.29 is 4.79 Å². The van der Waals surface area contributed by atoms with Gasteiger partial charge in [0.05, 0.1) is 4.60 Å². The Morgan fingerprint density at radius 2 is 2.20 bits per heavy atom. The van der Waals surface area contributed by atoms with Crippen molar-refractivity contribution >= 4 is 21.8 Å². The molecule has 0 radical (unpaired) electrons. The van der Waals surface area contributed by atoms with Crippen molar-refractivity contribution in [2.75, 3.05) is 0 Å². The SMILES string of the molecule is O=C1CCc2ccc(Br)n21. The molecule has 2 heterocycles. The fraction of sp³-hybridized carbons (Fsp3) is 0.286. The van der Waals surface area contributed by atoms with Crippen LogP contribution in [0, 0.1) is 0 Å². The van der Waals surface area contributed by atoms with Crippen LogP contribution in [0.25, 0.3) is 0 Å². The van der Waals surface area contributed by atoms with Crippen LogP contribution in [0.3, 0.4) is 0 Å². The molecular weight excluding hydrogens is 194 g/mol. The third-order valence-corrected chi connectivity index (χ3v) is 2.38. The van der Waals surface area contributed by atoms with Gasteiger partial charge < -0.3 is 0 Å². The molecule has 0 N–H and O–H groups in total. The van der Waals surface area contributed by atoms with E-state index in [4.69, 9.17) is 0 Å². The normalized spacial score (nSPS) is 15.9. The lowest BCUT2D eigenvalue weighted by atomic mass is 10.3. The number of carbonyl (C=O) groups excluding carboxylic acids is 1. The van der Waals surface area contributed by atoms with Gasteiger partial charge in [-0.3, -0.25) is 9.36 Å². The zero-order valence-electron chi connectivity index (χ0n) is 5.30. The van der Waals surface area contributed by atoms with Crippen LogP contribution in [0.2, 0.25) is 0 Å². The summed E-state index contributed by atoms with van der Waals surface area (Å²) < 4.78 is 2.60. The minimum atomic E-state index is 0.201. The summed E-state index contributed by atoms with van der Waals surface area (Å²) in [6, 6.07) is 3.89. The molecule has 0 fully saturated rings. The highest BCUT2D eigenvalue weighted by Gasteiger charge is 2.19. The maximum atomic E-state index is 11.1. The van der Waals surface area contributed by atoms with Gasteiger partial charge in [-0.2, -0.15) is 0 Å². The monoisotopic (exact) mass is 199 g/mol. The average Bonchev–Trinajstić information content (AvgIpc) is 2.40. The summed E-state index contributed by atoms with van der Waals surface area (Å²) in [5.74, 6) is 0.201. The predicted octanol–water partition coefficient (Wildman–Crippen LogP) is 1.84. The first kappa shape index (κ1) is 6.16. The average molecular weight is 200 g/mol. The quantitative estimate of drug-likeness (QED) is 0.626. The largest absolute Gasteiger partial charge is 0.278 e. The Morgan fingerprint density at radius 3 is 2.90 bits per heavy atom. The molecule has 1 aliphatic rings. The standard InChI is InChI=1S/C7H6BrNO/c8-6-3-1-5-2-4-7(10)9(5)6/h1,3H,2,4H2. The van der Waals surface area contributed by atoms with Crippen molar-refractivity contribution in [2.45, 2.75) is 12.8 Å². The van der Waals surface area contributed by atoms with E-state index < -0.39 is 0 Å². The van der Waals surface area contributed by atoms with Crippen molar-refractivity contribution in [3.63, 3.8) is 0 Å². The summed E-state index contributed by atoms with van der Waals surface area (Å²) in [6.07, 6.45) is 1.55. The van der Waals surface area contributed by atoms with E-state index in [2.05, 4.69) is 15.9 Å². The maximum Gasteiger partial charge on any atom is 0.232 e. The van der Waals surface area contributed by atoms with Crippen LogP contribution in [-0.4, -0.2) is 10.5 Å². The van der Waals surface area contributed by atoms with Gasteiger partial charge in [-0.25, -0.2) is 0 Å². The Bertz CT molecular complexity index is 290. The topological polar surface area (TPSA) is 22.0 Å². The number of carbonyl (C=O) groups is 1. The van der Waals surface area contributed by atoms with Crippen LogP contribution in [-0.2, 0) is 6.42 Å². The number of nitrogens with zero attached hydrogens (tertiary/aromatic N) is 1. The highest BCUT2D eigenvalue weighted by Crippen LogP contribution is 2.22. The van der Waals surface area contributed by atoms with Crippen LogP contribution in [0.15, 0.2) is 16.7 Å². The van der Waals surface area contributed by atoms with Crippen LogP contribution in [0.5, 0.6) is 0 Å². The van der Waals surface area contributed by atoms with Crippen LogP contribution >= 0.6 is 15.9 Å². The fourth-order valence-electron chi connectivity index (χ4n) is 1.27. The van der Waals surface area contributed by atoms with Gasteiger partial charge in [0.25, 0.3) is 0 Å². The lowest BCUT2D eigenvalue weighted by Crippen LogP contribution is -2.02.